The molecule has 0 saturated heterocycles. The molecule has 0 spiro atoms. The van der Waals surface area contributed by atoms with Crippen molar-refractivity contribution >= 4 is 16.6 Å². The maximum absolute atomic E-state index is 5.89. The molecule has 15 heavy (non-hydrogen) atoms. The van der Waals surface area contributed by atoms with Crippen molar-refractivity contribution in [2.75, 3.05) is 12.3 Å². The molecule has 4 N–H and O–H groups in total. The first-order chi connectivity index (χ1) is 7.33. The van der Waals surface area contributed by atoms with Gasteiger partial charge in [0.2, 0.25) is 0 Å². The summed E-state index contributed by atoms with van der Waals surface area (Å²) in [5.74, 6) is 0. The van der Waals surface area contributed by atoms with Crippen molar-refractivity contribution in [1.82, 2.24) is 4.57 Å². The van der Waals surface area contributed by atoms with Crippen LogP contribution in [0.2, 0.25) is 0 Å². The van der Waals surface area contributed by atoms with Gasteiger partial charge in [0.05, 0.1) is 5.52 Å². The van der Waals surface area contributed by atoms with E-state index >= 15 is 0 Å². The summed E-state index contributed by atoms with van der Waals surface area (Å²) in [7, 11) is 0. The normalized spacial score (nSPS) is 11.0. The van der Waals surface area contributed by atoms with Gasteiger partial charge in [-0.3, -0.25) is 0 Å². The summed E-state index contributed by atoms with van der Waals surface area (Å²) in [5.41, 5.74) is 13.4. The van der Waals surface area contributed by atoms with Gasteiger partial charge in [-0.2, -0.15) is 0 Å². The van der Waals surface area contributed by atoms with Crippen LogP contribution in [0.25, 0.3) is 10.9 Å². The summed E-state index contributed by atoms with van der Waals surface area (Å²) in [6, 6.07) is 8.12. The minimum absolute atomic E-state index is 0.765. The summed E-state index contributed by atoms with van der Waals surface area (Å²) in [4.78, 5) is 0. The van der Waals surface area contributed by atoms with E-state index in [2.05, 4.69) is 22.9 Å². The highest BCUT2D eigenvalue weighted by Crippen LogP contribution is 2.22. The molecular weight excluding hydrogens is 186 g/mol. The fraction of sp³-hybridized carbons (Fsp3) is 0.333. The van der Waals surface area contributed by atoms with Gasteiger partial charge in [0.1, 0.15) is 0 Å². The third-order valence-electron chi connectivity index (χ3n) is 2.70. The highest BCUT2D eigenvalue weighted by Gasteiger charge is 2.02. The molecule has 3 heteroatoms. The highest BCUT2D eigenvalue weighted by molar-refractivity contribution is 5.91. The van der Waals surface area contributed by atoms with Crippen molar-refractivity contribution in [3.63, 3.8) is 0 Å². The van der Waals surface area contributed by atoms with Crippen LogP contribution in [0.4, 0.5) is 5.69 Å². The Morgan fingerprint density at radius 3 is 2.80 bits per heavy atom. The first-order valence-corrected chi connectivity index (χ1v) is 5.36. The lowest BCUT2D eigenvalue weighted by molar-refractivity contribution is 0.630. The van der Waals surface area contributed by atoms with Gasteiger partial charge in [0.25, 0.3) is 0 Å². The van der Waals surface area contributed by atoms with Crippen LogP contribution in [0.3, 0.4) is 0 Å². The predicted molar refractivity (Wildman–Crippen MR) is 64.6 cm³/mol. The molecule has 1 aromatic carbocycles. The molecule has 0 saturated carbocycles. The molecule has 1 aromatic heterocycles. The number of nitrogens with two attached hydrogens (primary N) is 2. The zero-order valence-corrected chi connectivity index (χ0v) is 8.82. The number of nitrogen functional groups attached to an aromatic ring is 1. The number of anilines is 1. The maximum atomic E-state index is 5.89. The van der Waals surface area contributed by atoms with Crippen molar-refractivity contribution in [2.45, 2.75) is 19.4 Å². The summed E-state index contributed by atoms with van der Waals surface area (Å²) in [6.45, 7) is 1.78. The topological polar surface area (TPSA) is 57.0 Å². The molecule has 0 amide bonds. The van der Waals surface area contributed by atoms with Gasteiger partial charge in [0.15, 0.2) is 0 Å². The molecule has 0 bridgehead atoms. The summed E-state index contributed by atoms with van der Waals surface area (Å²) < 4.78 is 2.24. The van der Waals surface area contributed by atoms with Crippen LogP contribution in [-0.2, 0) is 6.54 Å². The Kier molecular flexibility index (Phi) is 2.92. The molecule has 0 aliphatic carbocycles. The summed E-state index contributed by atoms with van der Waals surface area (Å²) >= 11 is 0. The number of rotatable bonds is 4. The summed E-state index contributed by atoms with van der Waals surface area (Å²) in [5, 5.41) is 1.14. The predicted octanol–water partition coefficient (Wildman–Crippen LogP) is 1.96. The number of nitrogens with zero attached hydrogens (tertiary/aromatic N) is 1. The van der Waals surface area contributed by atoms with Crippen LogP contribution >= 0.6 is 0 Å². The van der Waals surface area contributed by atoms with Gasteiger partial charge >= 0.3 is 0 Å². The van der Waals surface area contributed by atoms with Crippen molar-refractivity contribution in [1.29, 1.82) is 0 Å². The lowest BCUT2D eigenvalue weighted by atomic mass is 10.2. The Morgan fingerprint density at radius 1 is 1.13 bits per heavy atom. The second-order valence-corrected chi connectivity index (χ2v) is 3.78. The number of hydrogen-bond acceptors (Lipinski definition) is 2. The third-order valence-corrected chi connectivity index (χ3v) is 2.70. The smallest absolute Gasteiger partial charge is 0.0501 e. The fourth-order valence-electron chi connectivity index (χ4n) is 1.87. The number of aromatic nitrogens is 1. The van der Waals surface area contributed by atoms with E-state index in [0.29, 0.717) is 0 Å². The van der Waals surface area contributed by atoms with Crippen molar-refractivity contribution in [3.8, 4) is 0 Å². The SMILES string of the molecule is NCCCCn1ccc2c(N)cccc21. The molecule has 0 fully saturated rings. The largest absolute Gasteiger partial charge is 0.398 e. The molecule has 0 unspecified atom stereocenters. The van der Waals surface area contributed by atoms with Crippen LogP contribution in [0.1, 0.15) is 12.8 Å². The number of unbranched alkanes of at least 4 members (excludes halogenated alkanes) is 1. The van der Waals surface area contributed by atoms with Gasteiger partial charge in [-0.25, -0.2) is 0 Å². The average Bonchev–Trinajstić information content (AvgIpc) is 2.64. The third kappa shape index (κ3) is 1.97. The van der Waals surface area contributed by atoms with Crippen LogP contribution in [-0.4, -0.2) is 11.1 Å². The van der Waals surface area contributed by atoms with Gasteiger partial charge in [-0.05, 0) is 37.6 Å². The van der Waals surface area contributed by atoms with Crippen molar-refractivity contribution < 1.29 is 0 Å². The van der Waals surface area contributed by atoms with Gasteiger partial charge in [-0.1, -0.05) is 6.07 Å². The van der Waals surface area contributed by atoms with Gasteiger partial charge in [-0.15, -0.1) is 0 Å². The van der Waals surface area contributed by atoms with E-state index in [-0.39, 0.29) is 0 Å². The van der Waals surface area contributed by atoms with E-state index in [1.165, 1.54) is 5.52 Å². The summed E-state index contributed by atoms with van der Waals surface area (Å²) in [6.07, 6.45) is 4.29. The number of fused-ring (bicyclic) bond motifs is 1. The molecule has 0 aliphatic rings. The Bertz CT molecular complexity index is 445. The zero-order chi connectivity index (χ0) is 10.7. The molecule has 0 aliphatic heterocycles. The van der Waals surface area contributed by atoms with E-state index in [4.69, 9.17) is 11.5 Å². The van der Waals surface area contributed by atoms with Crippen LogP contribution in [0, 0.1) is 0 Å². The minimum Gasteiger partial charge on any atom is -0.398 e. The van der Waals surface area contributed by atoms with Crippen LogP contribution in [0.15, 0.2) is 30.5 Å². The Balaban J connectivity index is 2.25. The zero-order valence-electron chi connectivity index (χ0n) is 8.82. The van der Waals surface area contributed by atoms with Crippen molar-refractivity contribution in [2.24, 2.45) is 5.73 Å². The van der Waals surface area contributed by atoms with E-state index in [1.807, 2.05) is 12.1 Å². The van der Waals surface area contributed by atoms with E-state index in [0.717, 1.165) is 37.0 Å². The second-order valence-electron chi connectivity index (χ2n) is 3.78. The lowest BCUT2D eigenvalue weighted by Gasteiger charge is -2.04. The fourth-order valence-corrected chi connectivity index (χ4v) is 1.87. The number of aryl methyl sites for hydroxylation is 1. The Morgan fingerprint density at radius 2 is 2.00 bits per heavy atom. The van der Waals surface area contributed by atoms with Gasteiger partial charge < -0.3 is 16.0 Å². The first-order valence-electron chi connectivity index (χ1n) is 5.36. The van der Waals surface area contributed by atoms with Crippen LogP contribution < -0.4 is 11.5 Å². The molecule has 2 rings (SSSR count). The quantitative estimate of drug-likeness (QED) is 0.589. The molecule has 2 aromatic rings. The molecule has 0 radical (unpaired) electrons. The Labute approximate surface area is 89.7 Å². The first kappa shape index (κ1) is 10.1. The average molecular weight is 203 g/mol. The lowest BCUT2D eigenvalue weighted by Crippen LogP contribution is -2.02. The molecule has 0 atom stereocenters. The Hall–Kier alpha value is -1.48. The van der Waals surface area contributed by atoms with E-state index in [1.54, 1.807) is 0 Å². The van der Waals surface area contributed by atoms with Crippen molar-refractivity contribution in [3.05, 3.63) is 30.5 Å². The van der Waals surface area contributed by atoms with Crippen LogP contribution in [0.5, 0.6) is 0 Å². The van der Waals surface area contributed by atoms with E-state index in [9.17, 15) is 0 Å². The minimum atomic E-state index is 0.765. The number of benzene rings is 1. The highest BCUT2D eigenvalue weighted by atomic mass is 14.9. The van der Waals surface area contributed by atoms with E-state index < -0.39 is 0 Å². The monoisotopic (exact) mass is 203 g/mol. The molecule has 1 heterocycles. The standard InChI is InChI=1S/C12H17N3/c13-7-1-2-8-15-9-6-10-11(14)4-3-5-12(10)15/h3-6,9H,1-2,7-8,13-14H2. The maximum Gasteiger partial charge on any atom is 0.0501 e. The molecular formula is C12H17N3. The van der Waals surface area contributed by atoms with Gasteiger partial charge in [0, 0.05) is 23.8 Å². The molecule has 80 valence electrons. The second kappa shape index (κ2) is 4.36. The molecule has 3 nitrogen and oxygen atoms in total. The number of hydrogen-bond donors (Lipinski definition) is 2.